The highest BCUT2D eigenvalue weighted by Crippen LogP contribution is 2.22. The molecule has 0 saturated carbocycles. The van der Waals surface area contributed by atoms with Crippen LogP contribution in [0, 0.1) is 5.92 Å². The van der Waals surface area contributed by atoms with Crippen molar-refractivity contribution in [1.82, 2.24) is 0 Å². The van der Waals surface area contributed by atoms with E-state index in [0.717, 1.165) is 5.56 Å². The number of rotatable bonds is 7. The average molecular weight is 279 g/mol. The second kappa shape index (κ2) is 7.41. The Kier molecular flexibility index (Phi) is 6.17. The van der Waals surface area contributed by atoms with Crippen molar-refractivity contribution in [3.05, 3.63) is 35.9 Å². The summed E-state index contributed by atoms with van der Waals surface area (Å²) in [6.07, 6.45) is 0.518. The van der Waals surface area contributed by atoms with Crippen molar-refractivity contribution in [2.45, 2.75) is 51.9 Å². The molecule has 0 spiro atoms. The Hall–Kier alpha value is -1.39. The number of hydrogen-bond donors (Lipinski definition) is 2. The number of ether oxygens (including phenoxy) is 1. The first-order valence-electron chi connectivity index (χ1n) is 6.96. The highest BCUT2D eigenvalue weighted by Gasteiger charge is 2.25. The predicted octanol–water partition coefficient (Wildman–Crippen LogP) is 2.24. The summed E-state index contributed by atoms with van der Waals surface area (Å²) in [7, 11) is 0. The third-order valence-corrected chi connectivity index (χ3v) is 2.98. The van der Waals surface area contributed by atoms with Crippen molar-refractivity contribution in [2.24, 2.45) is 11.7 Å². The third-order valence-electron chi connectivity index (χ3n) is 2.98. The molecule has 1 aromatic carbocycles. The van der Waals surface area contributed by atoms with Crippen molar-refractivity contribution < 1.29 is 14.6 Å². The highest BCUT2D eigenvalue weighted by atomic mass is 16.6. The molecule has 0 saturated heterocycles. The number of carbonyl (C=O) groups excluding carboxylic acids is 1. The van der Waals surface area contributed by atoms with Gasteiger partial charge in [-0.05, 0) is 39.2 Å². The van der Waals surface area contributed by atoms with Crippen LogP contribution in [0.3, 0.4) is 0 Å². The topological polar surface area (TPSA) is 72.6 Å². The largest absolute Gasteiger partial charge is 0.370 e. The number of aliphatic hydroxyl groups excluding tert-OH is 1. The lowest BCUT2D eigenvalue weighted by atomic mass is 9.93. The van der Waals surface area contributed by atoms with Gasteiger partial charge in [0.05, 0.1) is 5.60 Å². The molecule has 112 valence electrons. The Balaban J connectivity index is 2.71. The Morgan fingerprint density at radius 3 is 2.40 bits per heavy atom. The second-order valence-electron chi connectivity index (χ2n) is 6.08. The Bertz CT molecular complexity index is 411. The molecule has 3 N–H and O–H groups in total. The molecule has 2 unspecified atom stereocenters. The van der Waals surface area contributed by atoms with Gasteiger partial charge in [0, 0.05) is 12.3 Å². The minimum atomic E-state index is -0.908. The summed E-state index contributed by atoms with van der Waals surface area (Å²) in [6, 6.07) is 9.86. The number of primary amides is 1. The van der Waals surface area contributed by atoms with Crippen molar-refractivity contribution in [3.8, 4) is 0 Å². The normalized spacial score (nSPS) is 14.8. The van der Waals surface area contributed by atoms with E-state index in [1.54, 1.807) is 0 Å². The Labute approximate surface area is 120 Å². The maximum Gasteiger partial charge on any atom is 0.217 e. The van der Waals surface area contributed by atoms with E-state index in [1.165, 1.54) is 0 Å². The molecule has 2 atom stereocenters. The van der Waals surface area contributed by atoms with Gasteiger partial charge in [-0.25, -0.2) is 0 Å². The van der Waals surface area contributed by atoms with Crippen molar-refractivity contribution in [2.75, 3.05) is 0 Å². The van der Waals surface area contributed by atoms with Crippen molar-refractivity contribution >= 4 is 5.91 Å². The molecule has 0 radical (unpaired) electrons. The molecule has 0 aliphatic heterocycles. The SMILES string of the molecule is CC(C)(C)OC(O)C(CCC(N)=O)Cc1ccccc1. The fourth-order valence-electron chi connectivity index (χ4n) is 2.05. The van der Waals surface area contributed by atoms with Crippen molar-refractivity contribution in [1.29, 1.82) is 0 Å². The minimum Gasteiger partial charge on any atom is -0.370 e. The molecule has 0 heterocycles. The van der Waals surface area contributed by atoms with Gasteiger partial charge in [0.25, 0.3) is 0 Å². The van der Waals surface area contributed by atoms with E-state index in [1.807, 2.05) is 51.1 Å². The van der Waals surface area contributed by atoms with Crippen LogP contribution >= 0.6 is 0 Å². The number of aliphatic hydroxyl groups is 1. The van der Waals surface area contributed by atoms with E-state index in [2.05, 4.69) is 0 Å². The molecule has 4 heteroatoms. The molecular weight excluding hydrogens is 254 g/mol. The second-order valence-corrected chi connectivity index (χ2v) is 6.08. The zero-order chi connectivity index (χ0) is 15.2. The predicted molar refractivity (Wildman–Crippen MR) is 78.9 cm³/mol. The van der Waals surface area contributed by atoms with Gasteiger partial charge < -0.3 is 15.6 Å². The quantitative estimate of drug-likeness (QED) is 0.752. The van der Waals surface area contributed by atoms with Gasteiger partial charge in [-0.2, -0.15) is 0 Å². The standard InChI is InChI=1S/C16H25NO3/c1-16(2,3)20-15(19)13(9-10-14(17)18)11-12-7-5-4-6-8-12/h4-8,13,15,19H,9-11H2,1-3H3,(H2,17,18). The number of benzene rings is 1. The van der Waals surface area contributed by atoms with Crippen LogP contribution in [0.1, 0.15) is 39.2 Å². The number of amides is 1. The summed E-state index contributed by atoms with van der Waals surface area (Å²) in [5.41, 5.74) is 5.88. The summed E-state index contributed by atoms with van der Waals surface area (Å²) in [5.74, 6) is -0.504. The fraction of sp³-hybridized carbons (Fsp3) is 0.562. The summed E-state index contributed by atoms with van der Waals surface area (Å²) >= 11 is 0. The molecule has 1 amide bonds. The lowest BCUT2D eigenvalue weighted by Gasteiger charge is -2.29. The van der Waals surface area contributed by atoms with Crippen LogP contribution < -0.4 is 5.73 Å². The first-order chi connectivity index (χ1) is 9.28. The highest BCUT2D eigenvalue weighted by molar-refractivity contribution is 5.73. The van der Waals surface area contributed by atoms with Crippen LogP contribution in [0.2, 0.25) is 0 Å². The van der Waals surface area contributed by atoms with E-state index in [-0.39, 0.29) is 18.2 Å². The van der Waals surface area contributed by atoms with Gasteiger partial charge in [-0.3, -0.25) is 4.79 Å². The smallest absolute Gasteiger partial charge is 0.217 e. The minimum absolute atomic E-state index is 0.149. The van der Waals surface area contributed by atoms with Crippen LogP contribution in [0.15, 0.2) is 30.3 Å². The van der Waals surface area contributed by atoms with E-state index in [0.29, 0.717) is 12.8 Å². The lowest BCUT2D eigenvalue weighted by Crippen LogP contribution is -2.34. The molecule has 0 bridgehead atoms. The third kappa shape index (κ3) is 6.68. The van der Waals surface area contributed by atoms with Gasteiger partial charge in [0.2, 0.25) is 5.91 Å². The van der Waals surface area contributed by atoms with Crippen LogP contribution in [-0.2, 0) is 16.0 Å². The maximum absolute atomic E-state index is 11.0. The van der Waals surface area contributed by atoms with Gasteiger partial charge in [-0.15, -0.1) is 0 Å². The molecule has 0 fully saturated rings. The van der Waals surface area contributed by atoms with Crippen LogP contribution in [0.5, 0.6) is 0 Å². The maximum atomic E-state index is 11.0. The van der Waals surface area contributed by atoms with Gasteiger partial charge in [-0.1, -0.05) is 30.3 Å². The van der Waals surface area contributed by atoms with Crippen LogP contribution in [-0.4, -0.2) is 22.9 Å². The first kappa shape index (κ1) is 16.7. The summed E-state index contributed by atoms with van der Waals surface area (Å²) in [6.45, 7) is 5.68. The molecule has 1 rings (SSSR count). The van der Waals surface area contributed by atoms with Gasteiger partial charge in [0.15, 0.2) is 6.29 Å². The van der Waals surface area contributed by atoms with E-state index >= 15 is 0 Å². The molecule has 1 aromatic rings. The van der Waals surface area contributed by atoms with Crippen molar-refractivity contribution in [3.63, 3.8) is 0 Å². The van der Waals surface area contributed by atoms with Crippen LogP contribution in [0.4, 0.5) is 0 Å². The molecule has 20 heavy (non-hydrogen) atoms. The summed E-state index contributed by atoms with van der Waals surface area (Å²) < 4.78 is 5.61. The molecule has 0 aromatic heterocycles. The number of carbonyl (C=O) groups is 1. The summed E-state index contributed by atoms with van der Waals surface area (Å²) in [4.78, 5) is 11.0. The lowest BCUT2D eigenvalue weighted by molar-refractivity contribution is -0.192. The Morgan fingerprint density at radius 1 is 1.30 bits per heavy atom. The fourth-order valence-corrected chi connectivity index (χ4v) is 2.05. The number of hydrogen-bond acceptors (Lipinski definition) is 3. The molecule has 0 aliphatic rings. The van der Waals surface area contributed by atoms with E-state index < -0.39 is 11.9 Å². The van der Waals surface area contributed by atoms with Gasteiger partial charge >= 0.3 is 0 Å². The molecule has 0 aliphatic carbocycles. The zero-order valence-corrected chi connectivity index (χ0v) is 12.5. The van der Waals surface area contributed by atoms with E-state index in [4.69, 9.17) is 10.5 Å². The monoisotopic (exact) mass is 279 g/mol. The van der Waals surface area contributed by atoms with E-state index in [9.17, 15) is 9.90 Å². The zero-order valence-electron chi connectivity index (χ0n) is 12.5. The molecular formula is C16H25NO3. The number of nitrogens with two attached hydrogens (primary N) is 1. The molecule has 4 nitrogen and oxygen atoms in total. The first-order valence-corrected chi connectivity index (χ1v) is 6.96. The Morgan fingerprint density at radius 2 is 1.90 bits per heavy atom. The van der Waals surface area contributed by atoms with Crippen LogP contribution in [0.25, 0.3) is 0 Å². The average Bonchev–Trinajstić information content (AvgIpc) is 2.33. The summed E-state index contributed by atoms with van der Waals surface area (Å²) in [5, 5.41) is 10.2. The van der Waals surface area contributed by atoms with Gasteiger partial charge in [0.1, 0.15) is 0 Å².